The lowest BCUT2D eigenvalue weighted by Crippen LogP contribution is -2.26. The summed E-state index contributed by atoms with van der Waals surface area (Å²) in [5.41, 5.74) is 6.02. The highest BCUT2D eigenvalue weighted by Gasteiger charge is 2.15. The van der Waals surface area contributed by atoms with Crippen LogP contribution < -0.4 is 5.73 Å². The van der Waals surface area contributed by atoms with E-state index in [9.17, 15) is 15.0 Å². The van der Waals surface area contributed by atoms with E-state index in [4.69, 9.17) is 5.73 Å². The van der Waals surface area contributed by atoms with E-state index in [2.05, 4.69) is 0 Å². The van der Waals surface area contributed by atoms with Gasteiger partial charge in [-0.25, -0.2) is 0 Å². The van der Waals surface area contributed by atoms with Crippen LogP contribution in [-0.4, -0.2) is 22.0 Å². The molecule has 2 aromatic rings. The van der Waals surface area contributed by atoms with Crippen molar-refractivity contribution >= 4 is 29.0 Å². The van der Waals surface area contributed by atoms with Crippen molar-refractivity contribution in [3.63, 3.8) is 0 Å². The predicted molar refractivity (Wildman–Crippen MR) is 72.5 cm³/mol. The third kappa shape index (κ3) is 2.39. The number of hydrogen-bond donors (Lipinski definition) is 3. The van der Waals surface area contributed by atoms with Crippen molar-refractivity contribution in [2.75, 3.05) is 0 Å². The van der Waals surface area contributed by atoms with Crippen LogP contribution >= 0.6 is 12.4 Å². The van der Waals surface area contributed by atoms with E-state index in [0.29, 0.717) is 16.3 Å². The third-order valence-electron chi connectivity index (χ3n) is 2.65. The fraction of sp³-hybridized carbons (Fsp3) is 0.154. The Balaban J connectivity index is 0.00000162. The summed E-state index contributed by atoms with van der Waals surface area (Å²) < 4.78 is 0. The Morgan fingerprint density at radius 3 is 2.44 bits per heavy atom. The number of ketones is 1. The molecule has 0 aliphatic rings. The average molecular weight is 268 g/mol. The molecule has 4 N–H and O–H groups in total. The van der Waals surface area contributed by atoms with Gasteiger partial charge in [0, 0.05) is 5.56 Å². The molecule has 0 saturated carbocycles. The van der Waals surface area contributed by atoms with Crippen molar-refractivity contribution in [1.29, 1.82) is 0 Å². The van der Waals surface area contributed by atoms with E-state index in [-0.39, 0.29) is 29.7 Å². The van der Waals surface area contributed by atoms with Gasteiger partial charge in [0.25, 0.3) is 0 Å². The Kier molecular flexibility index (Phi) is 4.16. The predicted octanol–water partition coefficient (Wildman–Crippen LogP) is 2.20. The largest absolute Gasteiger partial charge is 0.504 e. The molecule has 0 saturated heterocycles. The molecular weight excluding hydrogens is 254 g/mol. The van der Waals surface area contributed by atoms with Gasteiger partial charge in [-0.05, 0) is 29.8 Å². The van der Waals surface area contributed by atoms with Crippen LogP contribution in [0.4, 0.5) is 0 Å². The first kappa shape index (κ1) is 14.3. The second-order valence-corrected chi connectivity index (χ2v) is 4.02. The molecule has 0 amide bonds. The molecule has 0 aliphatic carbocycles. The number of rotatable bonds is 2. The van der Waals surface area contributed by atoms with E-state index in [1.165, 1.54) is 12.1 Å². The monoisotopic (exact) mass is 267 g/mol. The Bertz CT molecular complexity index is 596. The van der Waals surface area contributed by atoms with Crippen molar-refractivity contribution in [1.82, 2.24) is 0 Å². The molecule has 4 nitrogen and oxygen atoms in total. The molecule has 96 valence electrons. The van der Waals surface area contributed by atoms with E-state index < -0.39 is 6.04 Å². The van der Waals surface area contributed by atoms with Gasteiger partial charge in [-0.3, -0.25) is 4.79 Å². The molecule has 1 unspecified atom stereocenters. The minimum absolute atomic E-state index is 0. The SMILES string of the molecule is CC(N)C(=O)c1cccc2cc(O)c(O)cc12.Cl. The van der Waals surface area contributed by atoms with Crippen LogP contribution in [0, 0.1) is 0 Å². The zero-order valence-electron chi connectivity index (χ0n) is 9.75. The number of Topliss-reactive ketones (excluding diaryl/α,β-unsaturated/α-hetero) is 1. The van der Waals surface area contributed by atoms with Crippen molar-refractivity contribution in [2.45, 2.75) is 13.0 Å². The standard InChI is InChI=1S/C13H13NO3.ClH/c1-7(14)13(17)9-4-2-3-8-5-11(15)12(16)6-10(8)9;/h2-7,15-16H,14H2,1H3;1H. The molecule has 0 bridgehead atoms. The smallest absolute Gasteiger partial charge is 0.179 e. The number of aromatic hydroxyl groups is 2. The number of fused-ring (bicyclic) bond motifs is 1. The van der Waals surface area contributed by atoms with E-state index >= 15 is 0 Å². The minimum atomic E-state index is -0.600. The highest BCUT2D eigenvalue weighted by molar-refractivity contribution is 6.10. The lowest BCUT2D eigenvalue weighted by molar-refractivity contribution is 0.0969. The van der Waals surface area contributed by atoms with Crippen molar-refractivity contribution < 1.29 is 15.0 Å². The first-order valence-corrected chi connectivity index (χ1v) is 5.25. The number of hydrogen-bond acceptors (Lipinski definition) is 4. The Morgan fingerprint density at radius 1 is 1.22 bits per heavy atom. The lowest BCUT2D eigenvalue weighted by Gasteiger charge is -2.09. The molecule has 0 aliphatic heterocycles. The van der Waals surface area contributed by atoms with Gasteiger partial charge >= 0.3 is 0 Å². The highest BCUT2D eigenvalue weighted by atomic mass is 35.5. The second kappa shape index (κ2) is 5.25. The molecule has 5 heteroatoms. The van der Waals surface area contributed by atoms with E-state index in [0.717, 1.165) is 0 Å². The van der Waals surface area contributed by atoms with Gasteiger partial charge in [0.05, 0.1) is 6.04 Å². The summed E-state index contributed by atoms with van der Waals surface area (Å²) in [6.07, 6.45) is 0. The fourth-order valence-corrected chi connectivity index (χ4v) is 1.76. The minimum Gasteiger partial charge on any atom is -0.504 e. The fourth-order valence-electron chi connectivity index (χ4n) is 1.76. The second-order valence-electron chi connectivity index (χ2n) is 4.02. The molecule has 18 heavy (non-hydrogen) atoms. The first-order chi connectivity index (χ1) is 8.00. The zero-order valence-corrected chi connectivity index (χ0v) is 10.6. The number of phenols is 2. The van der Waals surface area contributed by atoms with Crippen LogP contribution in [0.25, 0.3) is 10.8 Å². The quantitative estimate of drug-likeness (QED) is 0.575. The summed E-state index contributed by atoms with van der Waals surface area (Å²) in [7, 11) is 0. The summed E-state index contributed by atoms with van der Waals surface area (Å²) in [6.45, 7) is 1.61. The maximum absolute atomic E-state index is 11.9. The summed E-state index contributed by atoms with van der Waals surface area (Å²) in [5, 5.41) is 20.1. The first-order valence-electron chi connectivity index (χ1n) is 5.25. The Morgan fingerprint density at radius 2 is 1.83 bits per heavy atom. The Labute approximate surface area is 110 Å². The maximum atomic E-state index is 11.9. The van der Waals surface area contributed by atoms with Gasteiger partial charge in [0.2, 0.25) is 0 Å². The van der Waals surface area contributed by atoms with Gasteiger partial charge in [-0.15, -0.1) is 12.4 Å². The van der Waals surface area contributed by atoms with E-state index in [1.54, 1.807) is 25.1 Å². The van der Waals surface area contributed by atoms with Gasteiger partial charge in [-0.1, -0.05) is 18.2 Å². The van der Waals surface area contributed by atoms with Gasteiger partial charge in [-0.2, -0.15) is 0 Å². The van der Waals surface area contributed by atoms with Crippen LogP contribution in [-0.2, 0) is 0 Å². The summed E-state index contributed by atoms with van der Waals surface area (Å²) in [5.74, 6) is -0.647. The molecule has 2 rings (SSSR count). The number of nitrogens with two attached hydrogens (primary N) is 1. The Hall–Kier alpha value is -1.78. The van der Waals surface area contributed by atoms with Crippen molar-refractivity contribution in [3.8, 4) is 11.5 Å². The van der Waals surface area contributed by atoms with E-state index in [1.807, 2.05) is 0 Å². The maximum Gasteiger partial charge on any atom is 0.179 e. The van der Waals surface area contributed by atoms with Crippen LogP contribution in [0.5, 0.6) is 11.5 Å². The number of phenolic OH excluding ortho intramolecular Hbond substituents is 2. The van der Waals surface area contributed by atoms with Crippen LogP contribution in [0.15, 0.2) is 30.3 Å². The van der Waals surface area contributed by atoms with Gasteiger partial charge < -0.3 is 15.9 Å². The molecular formula is C13H14ClNO3. The summed E-state index contributed by atoms with van der Waals surface area (Å²) in [6, 6.07) is 7.32. The highest BCUT2D eigenvalue weighted by Crippen LogP contribution is 2.32. The van der Waals surface area contributed by atoms with Crippen LogP contribution in [0.1, 0.15) is 17.3 Å². The topological polar surface area (TPSA) is 83.6 Å². The van der Waals surface area contributed by atoms with Crippen LogP contribution in [0.2, 0.25) is 0 Å². The molecule has 2 aromatic carbocycles. The van der Waals surface area contributed by atoms with Gasteiger partial charge in [0.15, 0.2) is 17.3 Å². The molecule has 1 atom stereocenters. The number of carbonyl (C=O) groups is 1. The van der Waals surface area contributed by atoms with Crippen LogP contribution in [0.3, 0.4) is 0 Å². The molecule has 0 spiro atoms. The zero-order chi connectivity index (χ0) is 12.6. The molecule has 0 heterocycles. The number of benzene rings is 2. The third-order valence-corrected chi connectivity index (χ3v) is 2.65. The number of carbonyl (C=O) groups excluding carboxylic acids is 1. The molecule has 0 radical (unpaired) electrons. The average Bonchev–Trinajstić information content (AvgIpc) is 2.29. The number of halogens is 1. The molecule has 0 fully saturated rings. The lowest BCUT2D eigenvalue weighted by atomic mass is 9.98. The summed E-state index contributed by atoms with van der Waals surface area (Å²) in [4.78, 5) is 11.9. The van der Waals surface area contributed by atoms with Crippen molar-refractivity contribution in [3.05, 3.63) is 35.9 Å². The molecule has 0 aromatic heterocycles. The normalized spacial score (nSPS) is 11.9. The van der Waals surface area contributed by atoms with Gasteiger partial charge in [0.1, 0.15) is 0 Å². The van der Waals surface area contributed by atoms with Crippen molar-refractivity contribution in [2.24, 2.45) is 5.73 Å². The summed E-state index contributed by atoms with van der Waals surface area (Å²) >= 11 is 0.